The monoisotopic (exact) mass is 213 g/mol. The largest absolute Gasteiger partial charge is 0.368 e. The molecule has 1 heterocycles. The summed E-state index contributed by atoms with van der Waals surface area (Å²) in [5, 5.41) is 5.13. The van der Waals surface area contributed by atoms with E-state index >= 15 is 0 Å². The summed E-state index contributed by atoms with van der Waals surface area (Å²) in [7, 11) is 0. The van der Waals surface area contributed by atoms with Crippen LogP contribution in [-0.2, 0) is 14.4 Å². The Bertz CT molecular complexity index is 290. The predicted octanol–water partition coefficient (Wildman–Crippen LogP) is -1.35. The average molecular weight is 213 g/mol. The first-order chi connectivity index (χ1) is 6.99. The summed E-state index contributed by atoms with van der Waals surface area (Å²) in [6.45, 7) is 1.52. The first-order valence-electron chi connectivity index (χ1n) is 4.87. The molecular formula is C9H15N3O3. The van der Waals surface area contributed by atoms with Crippen LogP contribution in [-0.4, -0.2) is 29.8 Å². The van der Waals surface area contributed by atoms with Gasteiger partial charge in [-0.1, -0.05) is 0 Å². The molecule has 0 spiro atoms. The van der Waals surface area contributed by atoms with Gasteiger partial charge >= 0.3 is 0 Å². The van der Waals surface area contributed by atoms with Crippen molar-refractivity contribution in [2.75, 3.05) is 0 Å². The van der Waals surface area contributed by atoms with Gasteiger partial charge in [-0.05, 0) is 13.3 Å². The predicted molar refractivity (Wildman–Crippen MR) is 52.6 cm³/mol. The van der Waals surface area contributed by atoms with Crippen LogP contribution >= 0.6 is 0 Å². The number of hydrogen-bond acceptors (Lipinski definition) is 3. The highest BCUT2D eigenvalue weighted by molar-refractivity contribution is 5.87. The fourth-order valence-corrected chi connectivity index (χ4v) is 1.43. The molecule has 0 bridgehead atoms. The lowest BCUT2D eigenvalue weighted by atomic mass is 10.1. The van der Waals surface area contributed by atoms with Crippen LogP contribution < -0.4 is 16.4 Å². The minimum Gasteiger partial charge on any atom is -0.368 e. The Morgan fingerprint density at radius 3 is 2.80 bits per heavy atom. The molecule has 0 aliphatic carbocycles. The van der Waals surface area contributed by atoms with Gasteiger partial charge in [0.25, 0.3) is 0 Å². The third-order valence-corrected chi connectivity index (χ3v) is 2.32. The van der Waals surface area contributed by atoms with Crippen molar-refractivity contribution < 1.29 is 14.4 Å². The van der Waals surface area contributed by atoms with Crippen molar-refractivity contribution in [1.29, 1.82) is 0 Å². The average Bonchev–Trinajstić information content (AvgIpc) is 2.50. The van der Waals surface area contributed by atoms with Crippen molar-refractivity contribution in [1.82, 2.24) is 10.6 Å². The molecule has 2 atom stereocenters. The van der Waals surface area contributed by atoms with Gasteiger partial charge in [-0.25, -0.2) is 0 Å². The van der Waals surface area contributed by atoms with E-state index in [2.05, 4.69) is 10.6 Å². The van der Waals surface area contributed by atoms with Crippen LogP contribution in [0.5, 0.6) is 0 Å². The van der Waals surface area contributed by atoms with Gasteiger partial charge in [-0.2, -0.15) is 0 Å². The summed E-state index contributed by atoms with van der Waals surface area (Å²) in [6, 6.07) is -0.785. The molecule has 0 aromatic heterocycles. The molecule has 1 aliphatic rings. The van der Waals surface area contributed by atoms with Crippen molar-refractivity contribution in [3.63, 3.8) is 0 Å². The molecular weight excluding hydrogens is 198 g/mol. The van der Waals surface area contributed by atoms with Gasteiger partial charge in [0.15, 0.2) is 0 Å². The van der Waals surface area contributed by atoms with Gasteiger partial charge < -0.3 is 16.4 Å². The molecule has 0 aromatic rings. The first-order valence-corrected chi connectivity index (χ1v) is 4.87. The van der Waals surface area contributed by atoms with Crippen LogP contribution in [0.3, 0.4) is 0 Å². The standard InChI is InChI=1S/C9H15N3O3/c1-5(9(10)15)11-8(14)4-6-2-3-7(13)12-6/h5-6H,2-4H2,1H3,(H2,10,15)(H,11,14)(H,12,13). The van der Waals surface area contributed by atoms with Crippen LogP contribution in [0.25, 0.3) is 0 Å². The summed E-state index contributed by atoms with van der Waals surface area (Å²) >= 11 is 0. The fraction of sp³-hybridized carbons (Fsp3) is 0.667. The van der Waals surface area contributed by atoms with Crippen LogP contribution in [0.2, 0.25) is 0 Å². The molecule has 4 N–H and O–H groups in total. The van der Waals surface area contributed by atoms with Crippen LogP contribution in [0.4, 0.5) is 0 Å². The van der Waals surface area contributed by atoms with Gasteiger partial charge in [0.05, 0.1) is 0 Å². The molecule has 1 saturated heterocycles. The molecule has 3 amide bonds. The summed E-state index contributed by atoms with van der Waals surface area (Å²) in [6.07, 6.45) is 1.32. The van der Waals surface area contributed by atoms with Crippen molar-refractivity contribution in [3.05, 3.63) is 0 Å². The normalized spacial score (nSPS) is 21.9. The van der Waals surface area contributed by atoms with Gasteiger partial charge in [-0.3, -0.25) is 14.4 Å². The molecule has 0 radical (unpaired) electrons. The van der Waals surface area contributed by atoms with Gasteiger partial charge in [-0.15, -0.1) is 0 Å². The van der Waals surface area contributed by atoms with E-state index in [0.29, 0.717) is 12.8 Å². The Hall–Kier alpha value is -1.59. The van der Waals surface area contributed by atoms with Crippen molar-refractivity contribution >= 4 is 17.7 Å². The highest BCUT2D eigenvalue weighted by atomic mass is 16.2. The Morgan fingerprint density at radius 2 is 2.33 bits per heavy atom. The van der Waals surface area contributed by atoms with Gasteiger partial charge in [0, 0.05) is 18.9 Å². The number of carbonyl (C=O) groups excluding carboxylic acids is 3. The lowest BCUT2D eigenvalue weighted by molar-refractivity contribution is -0.127. The van der Waals surface area contributed by atoms with Crippen LogP contribution in [0, 0.1) is 0 Å². The summed E-state index contributed by atoms with van der Waals surface area (Å²) in [5.74, 6) is -0.872. The van der Waals surface area contributed by atoms with E-state index in [0.717, 1.165) is 0 Å². The third kappa shape index (κ3) is 3.57. The van der Waals surface area contributed by atoms with Crippen LogP contribution in [0.15, 0.2) is 0 Å². The third-order valence-electron chi connectivity index (χ3n) is 2.32. The van der Waals surface area contributed by atoms with Crippen molar-refractivity contribution in [2.24, 2.45) is 5.73 Å². The number of amides is 3. The highest BCUT2D eigenvalue weighted by Gasteiger charge is 2.24. The number of rotatable bonds is 4. The SMILES string of the molecule is CC(NC(=O)CC1CCC(=O)N1)C(N)=O. The fourth-order valence-electron chi connectivity index (χ4n) is 1.43. The molecule has 2 unspecified atom stereocenters. The summed E-state index contributed by atoms with van der Waals surface area (Å²) in [5.41, 5.74) is 4.99. The number of primary amides is 1. The zero-order valence-electron chi connectivity index (χ0n) is 8.58. The van der Waals surface area contributed by atoms with Crippen molar-refractivity contribution in [2.45, 2.75) is 38.3 Å². The Balaban J connectivity index is 2.30. The van der Waals surface area contributed by atoms with Crippen molar-refractivity contribution in [3.8, 4) is 0 Å². The zero-order chi connectivity index (χ0) is 11.4. The zero-order valence-corrected chi connectivity index (χ0v) is 8.58. The van der Waals surface area contributed by atoms with Gasteiger partial charge in [0.2, 0.25) is 17.7 Å². The van der Waals surface area contributed by atoms with E-state index in [9.17, 15) is 14.4 Å². The second-order valence-electron chi connectivity index (χ2n) is 3.70. The van der Waals surface area contributed by atoms with E-state index in [1.54, 1.807) is 0 Å². The number of nitrogens with one attached hydrogen (secondary N) is 2. The van der Waals surface area contributed by atoms with E-state index in [4.69, 9.17) is 5.73 Å². The van der Waals surface area contributed by atoms with Gasteiger partial charge in [0.1, 0.15) is 6.04 Å². The molecule has 84 valence electrons. The molecule has 0 aromatic carbocycles. The molecule has 1 fully saturated rings. The van der Waals surface area contributed by atoms with E-state index in [-0.39, 0.29) is 24.3 Å². The summed E-state index contributed by atoms with van der Waals surface area (Å²) < 4.78 is 0. The van der Waals surface area contributed by atoms with Crippen LogP contribution in [0.1, 0.15) is 26.2 Å². The minimum absolute atomic E-state index is 0.0317. The van der Waals surface area contributed by atoms with E-state index in [1.807, 2.05) is 0 Å². The maximum atomic E-state index is 11.4. The first kappa shape index (κ1) is 11.5. The Labute approximate surface area is 87.6 Å². The lowest BCUT2D eigenvalue weighted by Gasteiger charge is -2.13. The molecule has 6 heteroatoms. The smallest absolute Gasteiger partial charge is 0.239 e. The topological polar surface area (TPSA) is 101 Å². The number of hydrogen-bond donors (Lipinski definition) is 3. The minimum atomic E-state index is -0.672. The second-order valence-corrected chi connectivity index (χ2v) is 3.70. The van der Waals surface area contributed by atoms with E-state index < -0.39 is 11.9 Å². The number of carbonyl (C=O) groups is 3. The maximum absolute atomic E-state index is 11.4. The molecule has 0 saturated carbocycles. The molecule has 6 nitrogen and oxygen atoms in total. The Morgan fingerprint density at radius 1 is 1.67 bits per heavy atom. The Kier molecular flexibility index (Phi) is 3.65. The van der Waals surface area contributed by atoms with E-state index in [1.165, 1.54) is 6.92 Å². The second kappa shape index (κ2) is 4.77. The molecule has 1 rings (SSSR count). The highest BCUT2D eigenvalue weighted by Crippen LogP contribution is 2.09. The number of nitrogens with two attached hydrogens (primary N) is 1. The summed E-state index contributed by atoms with van der Waals surface area (Å²) in [4.78, 5) is 32.9. The lowest BCUT2D eigenvalue weighted by Crippen LogP contribution is -2.44. The molecule has 1 aliphatic heterocycles. The maximum Gasteiger partial charge on any atom is 0.239 e. The quantitative estimate of drug-likeness (QED) is 0.537. The molecule has 15 heavy (non-hydrogen) atoms.